The molecule has 3 rings (SSSR count). The predicted octanol–water partition coefficient (Wildman–Crippen LogP) is 4.99. The molecule has 0 unspecified atom stereocenters. The molecule has 0 radical (unpaired) electrons. The molecule has 0 bridgehead atoms. The molecule has 3 aromatic carbocycles. The van der Waals surface area contributed by atoms with Crippen molar-refractivity contribution in [1.82, 2.24) is 10.2 Å². The van der Waals surface area contributed by atoms with Crippen LogP contribution in [0.2, 0.25) is 0 Å². The van der Waals surface area contributed by atoms with Crippen LogP contribution in [0.5, 0.6) is 0 Å². The number of non-ortho nitro benzene ring substituents is 1. The molecule has 0 saturated heterocycles. The van der Waals surface area contributed by atoms with Gasteiger partial charge in [0.25, 0.3) is 5.69 Å². The molecule has 12 heteroatoms. The third-order valence-corrected chi connectivity index (χ3v) is 8.49. The van der Waals surface area contributed by atoms with Gasteiger partial charge in [-0.05, 0) is 49.1 Å². The summed E-state index contributed by atoms with van der Waals surface area (Å²) in [6.45, 7) is 4.78. The quantitative estimate of drug-likeness (QED) is 0.204. The molecule has 0 aliphatic heterocycles. The Balaban J connectivity index is 2.11. The molecule has 0 aromatic heterocycles. The Morgan fingerprint density at radius 3 is 2.29 bits per heavy atom. The minimum atomic E-state index is -4.06. The predicted molar refractivity (Wildman–Crippen MR) is 167 cm³/mol. The number of sulfonamides is 1. The van der Waals surface area contributed by atoms with E-state index in [-0.39, 0.29) is 36.3 Å². The third kappa shape index (κ3) is 8.86. The van der Waals surface area contributed by atoms with Gasteiger partial charge < -0.3 is 10.2 Å². The number of benzene rings is 3. The molecule has 0 saturated carbocycles. The fourth-order valence-electron chi connectivity index (χ4n) is 4.40. The lowest BCUT2D eigenvalue weighted by molar-refractivity contribution is -0.384. The van der Waals surface area contributed by atoms with Crippen molar-refractivity contribution in [2.75, 3.05) is 17.1 Å². The smallest absolute Gasteiger partial charge is 0.271 e. The third-order valence-electron chi connectivity index (χ3n) is 6.87. The second kappa shape index (κ2) is 14.4. The van der Waals surface area contributed by atoms with Crippen molar-refractivity contribution >= 4 is 49.1 Å². The van der Waals surface area contributed by atoms with Crippen LogP contribution in [0.1, 0.15) is 37.0 Å². The fourth-order valence-corrected chi connectivity index (χ4v) is 5.75. The van der Waals surface area contributed by atoms with E-state index in [1.54, 1.807) is 6.92 Å². The largest absolute Gasteiger partial charge is 0.352 e. The van der Waals surface area contributed by atoms with Crippen LogP contribution in [0.25, 0.3) is 0 Å². The summed E-state index contributed by atoms with van der Waals surface area (Å²) >= 11 is 3.45. The highest BCUT2D eigenvalue weighted by molar-refractivity contribution is 9.10. The lowest BCUT2D eigenvalue weighted by Gasteiger charge is -2.34. The van der Waals surface area contributed by atoms with Crippen molar-refractivity contribution in [2.24, 2.45) is 0 Å². The summed E-state index contributed by atoms with van der Waals surface area (Å²) in [4.78, 5) is 40.1. The number of nitrogens with zero attached hydrogens (tertiary/aromatic N) is 3. The SMILES string of the molecule is CC[C@@H](C)NC(=O)[C@H](Cc1ccccc1)N(Cc1cccc(Br)c1)C(=O)CN(c1cc([N+](=O)[O-])ccc1C)S(C)(=O)=O. The number of nitrogens with one attached hydrogen (secondary N) is 1. The Bertz CT molecular complexity index is 1530. The number of rotatable bonds is 13. The van der Waals surface area contributed by atoms with Gasteiger partial charge in [0, 0.05) is 35.6 Å². The number of aryl methyl sites for hydroxylation is 1. The van der Waals surface area contributed by atoms with Gasteiger partial charge >= 0.3 is 0 Å². The van der Waals surface area contributed by atoms with Crippen LogP contribution in [0, 0.1) is 17.0 Å². The van der Waals surface area contributed by atoms with Gasteiger partial charge in [-0.1, -0.05) is 71.4 Å². The van der Waals surface area contributed by atoms with Crippen molar-refractivity contribution in [3.05, 3.63) is 104 Å². The number of hydrogen-bond acceptors (Lipinski definition) is 6. The minimum absolute atomic E-state index is 0.0196. The van der Waals surface area contributed by atoms with E-state index in [1.807, 2.05) is 68.4 Å². The topological polar surface area (TPSA) is 130 Å². The number of halogens is 1. The lowest BCUT2D eigenvalue weighted by atomic mass is 10.0. The average molecular weight is 660 g/mol. The van der Waals surface area contributed by atoms with Gasteiger partial charge in [0.2, 0.25) is 21.8 Å². The maximum absolute atomic E-state index is 14.2. The van der Waals surface area contributed by atoms with E-state index >= 15 is 0 Å². The monoisotopic (exact) mass is 658 g/mol. The van der Waals surface area contributed by atoms with Crippen LogP contribution >= 0.6 is 15.9 Å². The van der Waals surface area contributed by atoms with E-state index in [1.165, 1.54) is 17.0 Å². The van der Waals surface area contributed by atoms with Crippen LogP contribution in [0.3, 0.4) is 0 Å². The Kier molecular flexibility index (Phi) is 11.2. The number of carbonyl (C=O) groups is 2. The van der Waals surface area contributed by atoms with Crippen molar-refractivity contribution in [1.29, 1.82) is 0 Å². The molecule has 0 aliphatic rings. The van der Waals surface area contributed by atoms with Gasteiger partial charge in [-0.25, -0.2) is 8.42 Å². The summed E-state index contributed by atoms with van der Waals surface area (Å²) < 4.78 is 27.6. The molecule has 1 N–H and O–H groups in total. The molecule has 2 atom stereocenters. The minimum Gasteiger partial charge on any atom is -0.352 e. The average Bonchev–Trinajstić information content (AvgIpc) is 2.93. The Morgan fingerprint density at radius 1 is 1.02 bits per heavy atom. The number of amides is 2. The highest BCUT2D eigenvalue weighted by Gasteiger charge is 2.34. The van der Waals surface area contributed by atoms with Crippen LogP contribution in [0.15, 0.2) is 77.3 Å². The first-order valence-electron chi connectivity index (χ1n) is 13.4. The van der Waals surface area contributed by atoms with E-state index in [4.69, 9.17) is 0 Å². The Labute approximate surface area is 255 Å². The zero-order chi connectivity index (χ0) is 31.0. The second-order valence-corrected chi connectivity index (χ2v) is 13.0. The van der Waals surface area contributed by atoms with Crippen LogP contribution in [0.4, 0.5) is 11.4 Å². The first-order valence-corrected chi connectivity index (χ1v) is 16.0. The zero-order valence-corrected chi connectivity index (χ0v) is 26.4. The van der Waals surface area contributed by atoms with Gasteiger partial charge in [-0.2, -0.15) is 0 Å². The van der Waals surface area contributed by atoms with E-state index < -0.39 is 33.4 Å². The molecule has 0 fully saturated rings. The summed E-state index contributed by atoms with van der Waals surface area (Å²) in [5.41, 5.74) is 1.70. The van der Waals surface area contributed by atoms with E-state index in [9.17, 15) is 28.1 Å². The summed E-state index contributed by atoms with van der Waals surface area (Å²) in [7, 11) is -4.06. The van der Waals surface area contributed by atoms with Gasteiger partial charge in [0.1, 0.15) is 12.6 Å². The molecule has 224 valence electrons. The first kappa shape index (κ1) is 32.7. The van der Waals surface area contributed by atoms with Gasteiger partial charge in [0.15, 0.2) is 0 Å². The van der Waals surface area contributed by atoms with E-state index in [0.717, 1.165) is 32.2 Å². The van der Waals surface area contributed by atoms with Gasteiger partial charge in [-0.3, -0.25) is 24.0 Å². The molecule has 42 heavy (non-hydrogen) atoms. The molecular weight excluding hydrogens is 624 g/mol. The number of hydrogen-bond donors (Lipinski definition) is 1. The Hall–Kier alpha value is -3.77. The van der Waals surface area contributed by atoms with E-state index in [2.05, 4.69) is 21.2 Å². The molecular formula is C30H35BrN4O6S. The fraction of sp³-hybridized carbons (Fsp3) is 0.333. The van der Waals surface area contributed by atoms with Gasteiger partial charge in [-0.15, -0.1) is 0 Å². The van der Waals surface area contributed by atoms with Crippen LogP contribution in [-0.2, 0) is 32.6 Å². The van der Waals surface area contributed by atoms with Gasteiger partial charge in [0.05, 0.1) is 16.9 Å². The number of carbonyl (C=O) groups excluding carboxylic acids is 2. The highest BCUT2D eigenvalue weighted by atomic mass is 79.9. The summed E-state index contributed by atoms with van der Waals surface area (Å²) in [6.07, 6.45) is 1.81. The van der Waals surface area contributed by atoms with Crippen LogP contribution < -0.4 is 9.62 Å². The molecule has 2 amide bonds. The van der Waals surface area contributed by atoms with E-state index in [0.29, 0.717) is 12.0 Å². The standard InChI is InChI=1S/C30H35BrN4O6S/c1-5-22(3)32-30(37)28(17-23-10-7-6-8-11-23)33(19-24-12-9-13-25(31)16-24)29(36)20-34(42(4,40)41)27-18-26(35(38)39)15-14-21(27)2/h6-16,18,22,28H,5,17,19-20H2,1-4H3,(H,32,37)/t22-,28+/m1/s1. The van der Waals surface area contributed by atoms with Crippen molar-refractivity contribution in [3.8, 4) is 0 Å². The normalized spacial score (nSPS) is 12.7. The molecule has 3 aromatic rings. The maximum atomic E-state index is 14.2. The summed E-state index contributed by atoms with van der Waals surface area (Å²) in [5.74, 6) is -1.000. The number of nitro groups is 1. The maximum Gasteiger partial charge on any atom is 0.271 e. The molecule has 0 aliphatic carbocycles. The van der Waals surface area contributed by atoms with Crippen molar-refractivity contribution in [3.63, 3.8) is 0 Å². The zero-order valence-electron chi connectivity index (χ0n) is 24.0. The van der Waals surface area contributed by atoms with Crippen LogP contribution in [-0.4, -0.2) is 54.9 Å². The second-order valence-electron chi connectivity index (χ2n) is 10.2. The molecule has 10 nitrogen and oxygen atoms in total. The number of nitro benzene ring substituents is 1. The van der Waals surface area contributed by atoms with Crippen molar-refractivity contribution < 1.29 is 22.9 Å². The lowest BCUT2D eigenvalue weighted by Crippen LogP contribution is -2.54. The summed E-state index contributed by atoms with van der Waals surface area (Å²) in [6, 6.07) is 19.3. The first-order chi connectivity index (χ1) is 19.8. The molecule has 0 spiro atoms. The number of anilines is 1. The molecule has 0 heterocycles. The highest BCUT2D eigenvalue weighted by Crippen LogP contribution is 2.28. The Morgan fingerprint density at radius 2 is 1.69 bits per heavy atom. The van der Waals surface area contributed by atoms with Crippen molar-refractivity contribution in [2.45, 2.75) is 52.2 Å². The summed E-state index contributed by atoms with van der Waals surface area (Å²) in [5, 5.41) is 14.4.